The summed E-state index contributed by atoms with van der Waals surface area (Å²) in [6.07, 6.45) is -13.9. The van der Waals surface area contributed by atoms with Crippen molar-refractivity contribution in [2.75, 3.05) is 5.75 Å². The summed E-state index contributed by atoms with van der Waals surface area (Å²) in [7, 11) is 0. The average molecular weight is 255 g/mol. The van der Waals surface area contributed by atoms with Gasteiger partial charge in [-0.3, -0.25) is 0 Å². The number of hydrogen-bond acceptors (Lipinski definition) is 2. The fourth-order valence-corrected chi connectivity index (χ4v) is 1.16. The molecular formula is C6H4F7NS. The zero-order chi connectivity index (χ0) is 12.3. The van der Waals surface area contributed by atoms with E-state index in [1.807, 2.05) is 0 Å². The number of alkyl halides is 7. The maximum absolute atomic E-state index is 12.8. The summed E-state index contributed by atoms with van der Waals surface area (Å²) in [5.41, 5.74) is -5.25. The van der Waals surface area contributed by atoms with Gasteiger partial charge in [-0.25, -0.2) is 4.39 Å². The van der Waals surface area contributed by atoms with Gasteiger partial charge in [-0.05, 0) is 11.8 Å². The molecule has 0 aliphatic heterocycles. The highest BCUT2D eigenvalue weighted by molar-refractivity contribution is 8.03. The van der Waals surface area contributed by atoms with Crippen LogP contribution < -0.4 is 0 Å². The Morgan fingerprint density at radius 1 is 0.933 bits per heavy atom. The fraction of sp³-hybridized carbons (Fsp3) is 0.833. The van der Waals surface area contributed by atoms with Crippen LogP contribution in [0.1, 0.15) is 6.42 Å². The monoisotopic (exact) mass is 255 g/mol. The van der Waals surface area contributed by atoms with Crippen LogP contribution in [0.2, 0.25) is 0 Å². The van der Waals surface area contributed by atoms with Gasteiger partial charge in [0.1, 0.15) is 5.40 Å². The normalized spacial score (nSPS) is 13.7. The molecule has 0 heterocycles. The Kier molecular flexibility index (Phi) is 4.27. The highest BCUT2D eigenvalue weighted by Gasteiger charge is 2.71. The second-order valence-corrected chi connectivity index (χ2v) is 3.37. The number of hydrogen-bond donors (Lipinski definition) is 0. The minimum atomic E-state index is -6.03. The van der Waals surface area contributed by atoms with Crippen LogP contribution in [0.5, 0.6) is 0 Å². The first kappa shape index (κ1) is 14.3. The zero-order valence-corrected chi connectivity index (χ0v) is 7.73. The standard InChI is InChI=1S/C6H4F7NS/c7-4(5(8,9)10,6(11,12)13)1-2-15-3-14/h1-2H2. The summed E-state index contributed by atoms with van der Waals surface area (Å²) in [5, 5.41) is 9.16. The molecule has 0 saturated heterocycles. The second-order valence-electron chi connectivity index (χ2n) is 2.49. The largest absolute Gasteiger partial charge is 0.431 e. The number of halogens is 7. The molecule has 0 aromatic heterocycles. The molecule has 9 heteroatoms. The summed E-state index contributed by atoms with van der Waals surface area (Å²) >= 11 is 0.133. The molecular weight excluding hydrogens is 251 g/mol. The molecule has 0 aromatic carbocycles. The van der Waals surface area contributed by atoms with Crippen LogP contribution in [0.25, 0.3) is 0 Å². The molecule has 0 saturated carbocycles. The van der Waals surface area contributed by atoms with Crippen molar-refractivity contribution in [3.63, 3.8) is 0 Å². The lowest BCUT2D eigenvalue weighted by atomic mass is 10.0. The SMILES string of the molecule is N#CSCCC(F)(C(F)(F)F)C(F)(F)F. The molecule has 0 unspecified atom stereocenters. The van der Waals surface area contributed by atoms with Gasteiger partial charge in [-0.2, -0.15) is 31.6 Å². The number of thioether (sulfide) groups is 1. The van der Waals surface area contributed by atoms with Crippen molar-refractivity contribution in [1.82, 2.24) is 0 Å². The van der Waals surface area contributed by atoms with Gasteiger partial charge in [-0.15, -0.1) is 0 Å². The van der Waals surface area contributed by atoms with E-state index in [1.165, 1.54) is 5.40 Å². The van der Waals surface area contributed by atoms with Crippen molar-refractivity contribution < 1.29 is 30.7 Å². The van der Waals surface area contributed by atoms with Gasteiger partial charge in [0.2, 0.25) is 0 Å². The molecule has 88 valence electrons. The van der Waals surface area contributed by atoms with Crippen LogP contribution in [0, 0.1) is 10.7 Å². The lowest BCUT2D eigenvalue weighted by Crippen LogP contribution is -2.53. The highest BCUT2D eigenvalue weighted by Crippen LogP contribution is 2.48. The molecule has 0 spiro atoms. The van der Waals surface area contributed by atoms with Crippen LogP contribution in [0.3, 0.4) is 0 Å². The van der Waals surface area contributed by atoms with Gasteiger partial charge in [0.15, 0.2) is 0 Å². The molecule has 0 N–H and O–H groups in total. The van der Waals surface area contributed by atoms with Gasteiger partial charge < -0.3 is 0 Å². The van der Waals surface area contributed by atoms with E-state index in [0.29, 0.717) is 0 Å². The Morgan fingerprint density at radius 3 is 1.60 bits per heavy atom. The highest BCUT2D eigenvalue weighted by atomic mass is 32.2. The van der Waals surface area contributed by atoms with E-state index in [4.69, 9.17) is 5.26 Å². The first-order valence-electron chi connectivity index (χ1n) is 3.39. The predicted molar refractivity (Wildman–Crippen MR) is 38.6 cm³/mol. The quantitative estimate of drug-likeness (QED) is 0.438. The molecule has 15 heavy (non-hydrogen) atoms. The van der Waals surface area contributed by atoms with Gasteiger partial charge >= 0.3 is 12.4 Å². The van der Waals surface area contributed by atoms with Crippen LogP contribution in [0.4, 0.5) is 30.7 Å². The van der Waals surface area contributed by atoms with Crippen molar-refractivity contribution >= 4 is 11.8 Å². The number of nitrogens with zero attached hydrogens (tertiary/aromatic N) is 1. The van der Waals surface area contributed by atoms with Crippen molar-refractivity contribution in [2.24, 2.45) is 0 Å². The van der Waals surface area contributed by atoms with E-state index >= 15 is 0 Å². The van der Waals surface area contributed by atoms with Crippen molar-refractivity contribution in [3.05, 3.63) is 0 Å². The van der Waals surface area contributed by atoms with E-state index in [0.717, 1.165) is 0 Å². The molecule has 0 radical (unpaired) electrons. The molecule has 0 bridgehead atoms. The van der Waals surface area contributed by atoms with Crippen molar-refractivity contribution in [2.45, 2.75) is 24.4 Å². The van der Waals surface area contributed by atoms with Crippen molar-refractivity contribution in [1.29, 1.82) is 5.26 Å². The van der Waals surface area contributed by atoms with Gasteiger partial charge in [0.05, 0.1) is 0 Å². The van der Waals surface area contributed by atoms with E-state index in [-0.39, 0.29) is 11.8 Å². The van der Waals surface area contributed by atoms with Gasteiger partial charge in [0.25, 0.3) is 5.67 Å². The van der Waals surface area contributed by atoms with E-state index < -0.39 is 30.2 Å². The number of thiocyanates is 1. The van der Waals surface area contributed by atoms with Crippen LogP contribution >= 0.6 is 11.8 Å². The van der Waals surface area contributed by atoms with Crippen LogP contribution in [0.15, 0.2) is 0 Å². The summed E-state index contributed by atoms with van der Waals surface area (Å²) < 4.78 is 83.8. The average Bonchev–Trinajstić information content (AvgIpc) is 2.00. The summed E-state index contributed by atoms with van der Waals surface area (Å²) in [6.45, 7) is 0. The third-order valence-corrected chi connectivity index (χ3v) is 2.05. The Balaban J connectivity index is 4.83. The summed E-state index contributed by atoms with van der Waals surface area (Å²) in [6, 6.07) is 0. The molecule has 0 rings (SSSR count). The van der Waals surface area contributed by atoms with Crippen LogP contribution in [-0.4, -0.2) is 23.8 Å². The van der Waals surface area contributed by atoms with Gasteiger partial charge in [0, 0.05) is 12.2 Å². The van der Waals surface area contributed by atoms with E-state index in [9.17, 15) is 30.7 Å². The molecule has 0 atom stereocenters. The molecule has 0 aromatic rings. The third-order valence-electron chi connectivity index (χ3n) is 1.51. The van der Waals surface area contributed by atoms with Crippen LogP contribution in [-0.2, 0) is 0 Å². The third kappa shape index (κ3) is 3.15. The molecule has 0 aliphatic carbocycles. The van der Waals surface area contributed by atoms with E-state index in [1.54, 1.807) is 0 Å². The minimum absolute atomic E-state index is 0.133. The molecule has 0 amide bonds. The molecule has 0 aliphatic rings. The Labute approximate surface area is 84.2 Å². The van der Waals surface area contributed by atoms with E-state index in [2.05, 4.69) is 0 Å². The maximum Gasteiger partial charge on any atom is 0.431 e. The Bertz CT molecular complexity index is 236. The van der Waals surface area contributed by atoms with Gasteiger partial charge in [-0.1, -0.05) is 0 Å². The maximum atomic E-state index is 12.8. The van der Waals surface area contributed by atoms with Crippen molar-refractivity contribution in [3.8, 4) is 5.40 Å². The zero-order valence-electron chi connectivity index (χ0n) is 6.92. The lowest BCUT2D eigenvalue weighted by molar-refractivity contribution is -0.341. The fourth-order valence-electron chi connectivity index (χ4n) is 0.682. The Hall–Kier alpha value is -0.650. The molecule has 0 fully saturated rings. The Morgan fingerprint density at radius 2 is 1.33 bits per heavy atom. The topological polar surface area (TPSA) is 23.8 Å². The first-order chi connectivity index (χ1) is 6.56. The smallest absolute Gasteiger partial charge is 0.224 e. The number of nitriles is 1. The summed E-state index contributed by atoms with van der Waals surface area (Å²) in [4.78, 5) is 0. The second kappa shape index (κ2) is 4.47. The first-order valence-corrected chi connectivity index (χ1v) is 4.38. The summed E-state index contributed by atoms with van der Waals surface area (Å²) in [5.74, 6) is -0.883. The minimum Gasteiger partial charge on any atom is -0.224 e. The lowest BCUT2D eigenvalue weighted by Gasteiger charge is -2.29. The predicted octanol–water partition coefficient (Wildman–Crippen LogP) is 3.42. The number of rotatable bonds is 3. The molecule has 1 nitrogen and oxygen atoms in total.